The van der Waals surface area contributed by atoms with Crippen molar-refractivity contribution in [3.05, 3.63) is 65.2 Å². The Balaban J connectivity index is 1.60. The van der Waals surface area contributed by atoms with E-state index in [4.69, 9.17) is 4.74 Å². The Morgan fingerprint density at radius 1 is 1.12 bits per heavy atom. The van der Waals surface area contributed by atoms with E-state index in [1.807, 2.05) is 62.4 Å². The van der Waals surface area contributed by atoms with Crippen LogP contribution in [0.3, 0.4) is 0 Å². The lowest BCUT2D eigenvalue weighted by molar-refractivity contribution is -0.123. The molecule has 0 aliphatic heterocycles. The van der Waals surface area contributed by atoms with Crippen LogP contribution in [0.15, 0.2) is 48.5 Å². The van der Waals surface area contributed by atoms with Gasteiger partial charge in [0.25, 0.3) is 0 Å². The molecule has 0 heterocycles. The van der Waals surface area contributed by atoms with Crippen LogP contribution in [0.25, 0.3) is 0 Å². The predicted molar refractivity (Wildman–Crippen MR) is 104 cm³/mol. The minimum absolute atomic E-state index is 0.0171. The second kappa shape index (κ2) is 8.10. The maximum absolute atomic E-state index is 12.0. The molecule has 26 heavy (non-hydrogen) atoms. The molecule has 0 radical (unpaired) electrons. The highest BCUT2D eigenvalue weighted by Crippen LogP contribution is 2.38. The van der Waals surface area contributed by atoms with Gasteiger partial charge in [0, 0.05) is 17.0 Å². The van der Waals surface area contributed by atoms with Crippen LogP contribution in [-0.4, -0.2) is 12.5 Å². The van der Waals surface area contributed by atoms with E-state index in [1.165, 1.54) is 0 Å². The van der Waals surface area contributed by atoms with Crippen molar-refractivity contribution in [2.75, 3.05) is 6.61 Å². The predicted octanol–water partition coefficient (Wildman–Crippen LogP) is 4.32. The SMILES string of the molecule is CCOc1ccc(C#Cc2ccc(C(C)NC(=O)C3CC3C)cc2)cc1. The molecule has 0 spiro atoms. The molecule has 1 aliphatic carbocycles. The van der Waals surface area contributed by atoms with Crippen molar-refractivity contribution >= 4 is 5.91 Å². The fourth-order valence-corrected chi connectivity index (χ4v) is 2.89. The first-order chi connectivity index (χ1) is 12.6. The van der Waals surface area contributed by atoms with Gasteiger partial charge in [-0.1, -0.05) is 30.9 Å². The van der Waals surface area contributed by atoms with Crippen LogP contribution in [0.5, 0.6) is 5.75 Å². The largest absolute Gasteiger partial charge is 0.494 e. The molecule has 2 aromatic carbocycles. The van der Waals surface area contributed by atoms with Crippen LogP contribution in [0, 0.1) is 23.7 Å². The summed E-state index contributed by atoms with van der Waals surface area (Å²) < 4.78 is 5.43. The Labute approximate surface area is 155 Å². The summed E-state index contributed by atoms with van der Waals surface area (Å²) in [7, 11) is 0. The van der Waals surface area contributed by atoms with Gasteiger partial charge < -0.3 is 10.1 Å². The standard InChI is InChI=1S/C23H25NO2/c1-4-26-21-13-9-19(10-14-21)6-5-18-7-11-20(12-8-18)17(3)24-23(25)22-15-16(22)2/h7-14,16-17,22H,4,15H2,1-3H3,(H,24,25). The number of nitrogens with one attached hydrogen (secondary N) is 1. The third kappa shape index (κ3) is 4.67. The van der Waals surface area contributed by atoms with Crippen molar-refractivity contribution in [3.8, 4) is 17.6 Å². The Morgan fingerprint density at radius 3 is 2.15 bits per heavy atom. The van der Waals surface area contributed by atoms with Gasteiger partial charge in [0.2, 0.25) is 5.91 Å². The first-order valence-electron chi connectivity index (χ1n) is 9.22. The summed E-state index contributed by atoms with van der Waals surface area (Å²) in [6.07, 6.45) is 1.01. The van der Waals surface area contributed by atoms with E-state index in [-0.39, 0.29) is 17.9 Å². The van der Waals surface area contributed by atoms with Crippen molar-refractivity contribution in [1.82, 2.24) is 5.32 Å². The van der Waals surface area contributed by atoms with Gasteiger partial charge in [0.05, 0.1) is 12.6 Å². The Hall–Kier alpha value is -2.73. The van der Waals surface area contributed by atoms with Gasteiger partial charge in [0.15, 0.2) is 0 Å². The normalized spacial score (nSPS) is 19.0. The van der Waals surface area contributed by atoms with E-state index in [0.717, 1.165) is 28.9 Å². The molecule has 0 saturated heterocycles. The number of amides is 1. The van der Waals surface area contributed by atoms with E-state index in [1.54, 1.807) is 0 Å². The molecule has 2 aromatic rings. The van der Waals surface area contributed by atoms with Gasteiger partial charge >= 0.3 is 0 Å². The van der Waals surface area contributed by atoms with Crippen LogP contribution in [0.4, 0.5) is 0 Å². The van der Waals surface area contributed by atoms with Crippen LogP contribution in [-0.2, 0) is 4.79 Å². The Bertz CT molecular complexity index is 812. The average Bonchev–Trinajstić information content (AvgIpc) is 3.39. The van der Waals surface area contributed by atoms with Crippen LogP contribution < -0.4 is 10.1 Å². The number of hydrogen-bond acceptors (Lipinski definition) is 2. The highest BCUT2D eigenvalue weighted by molar-refractivity contribution is 5.81. The minimum atomic E-state index is 0.0171. The lowest BCUT2D eigenvalue weighted by atomic mass is 10.1. The molecule has 1 N–H and O–H groups in total. The summed E-state index contributed by atoms with van der Waals surface area (Å²) in [5, 5.41) is 3.09. The van der Waals surface area contributed by atoms with E-state index in [2.05, 4.69) is 24.1 Å². The van der Waals surface area contributed by atoms with Crippen LogP contribution >= 0.6 is 0 Å². The molecular formula is C23H25NO2. The van der Waals surface area contributed by atoms with E-state index >= 15 is 0 Å². The second-order valence-electron chi connectivity index (χ2n) is 6.88. The molecule has 0 aromatic heterocycles. The molecule has 3 nitrogen and oxygen atoms in total. The van der Waals surface area contributed by atoms with Gasteiger partial charge in [-0.2, -0.15) is 0 Å². The fraction of sp³-hybridized carbons (Fsp3) is 0.348. The third-order valence-corrected chi connectivity index (χ3v) is 4.73. The second-order valence-corrected chi connectivity index (χ2v) is 6.88. The summed E-state index contributed by atoms with van der Waals surface area (Å²) in [5.41, 5.74) is 3.01. The summed E-state index contributed by atoms with van der Waals surface area (Å²) in [6.45, 7) is 6.77. The molecule has 1 saturated carbocycles. The fourth-order valence-electron chi connectivity index (χ4n) is 2.89. The zero-order valence-electron chi connectivity index (χ0n) is 15.6. The lowest BCUT2D eigenvalue weighted by Gasteiger charge is -2.14. The maximum atomic E-state index is 12.0. The van der Waals surface area contributed by atoms with Crippen LogP contribution in [0.2, 0.25) is 0 Å². The first kappa shape index (κ1) is 18.1. The van der Waals surface area contributed by atoms with Crippen molar-refractivity contribution < 1.29 is 9.53 Å². The maximum Gasteiger partial charge on any atom is 0.223 e. The van der Waals surface area contributed by atoms with Gasteiger partial charge in [-0.15, -0.1) is 0 Å². The van der Waals surface area contributed by atoms with Crippen molar-refractivity contribution in [1.29, 1.82) is 0 Å². The Morgan fingerprint density at radius 2 is 1.65 bits per heavy atom. The lowest BCUT2D eigenvalue weighted by Crippen LogP contribution is -2.28. The number of ether oxygens (including phenoxy) is 1. The quantitative estimate of drug-likeness (QED) is 0.818. The zero-order valence-corrected chi connectivity index (χ0v) is 15.6. The Kier molecular flexibility index (Phi) is 5.63. The smallest absolute Gasteiger partial charge is 0.223 e. The summed E-state index contributed by atoms with van der Waals surface area (Å²) >= 11 is 0. The van der Waals surface area contributed by atoms with Gasteiger partial charge in [0.1, 0.15) is 5.75 Å². The van der Waals surface area contributed by atoms with Gasteiger partial charge in [-0.25, -0.2) is 0 Å². The number of carbonyl (C=O) groups is 1. The summed E-state index contributed by atoms with van der Waals surface area (Å²) in [6, 6.07) is 15.9. The molecular weight excluding hydrogens is 322 g/mol. The van der Waals surface area contributed by atoms with Crippen molar-refractivity contribution in [2.45, 2.75) is 33.2 Å². The van der Waals surface area contributed by atoms with Crippen molar-refractivity contribution in [3.63, 3.8) is 0 Å². The summed E-state index contributed by atoms with van der Waals surface area (Å²) in [5.74, 6) is 8.11. The third-order valence-electron chi connectivity index (χ3n) is 4.73. The molecule has 1 amide bonds. The average molecular weight is 347 g/mol. The molecule has 0 bridgehead atoms. The number of carbonyl (C=O) groups excluding carboxylic acids is 1. The monoisotopic (exact) mass is 347 g/mol. The van der Waals surface area contributed by atoms with E-state index < -0.39 is 0 Å². The number of hydrogen-bond donors (Lipinski definition) is 1. The van der Waals surface area contributed by atoms with E-state index in [9.17, 15) is 4.79 Å². The zero-order chi connectivity index (χ0) is 18.5. The first-order valence-corrected chi connectivity index (χ1v) is 9.22. The highest BCUT2D eigenvalue weighted by Gasteiger charge is 2.39. The van der Waals surface area contributed by atoms with Gasteiger partial charge in [-0.05, 0) is 68.1 Å². The van der Waals surface area contributed by atoms with Crippen LogP contribution in [0.1, 0.15) is 49.9 Å². The van der Waals surface area contributed by atoms with E-state index in [0.29, 0.717) is 12.5 Å². The highest BCUT2D eigenvalue weighted by atomic mass is 16.5. The molecule has 3 atom stereocenters. The number of rotatable bonds is 5. The molecule has 134 valence electrons. The topological polar surface area (TPSA) is 38.3 Å². The summed E-state index contributed by atoms with van der Waals surface area (Å²) in [4.78, 5) is 12.0. The number of benzene rings is 2. The molecule has 1 aliphatic rings. The molecule has 1 fully saturated rings. The minimum Gasteiger partial charge on any atom is -0.494 e. The van der Waals surface area contributed by atoms with Crippen molar-refractivity contribution in [2.24, 2.45) is 11.8 Å². The molecule has 3 unspecified atom stereocenters. The van der Waals surface area contributed by atoms with Gasteiger partial charge in [-0.3, -0.25) is 4.79 Å². The molecule has 3 rings (SSSR count). The molecule has 3 heteroatoms.